The average molecular weight is 195 g/mol. The molecule has 0 bridgehead atoms. The maximum atomic E-state index is 11.6. The molecule has 6 heteroatoms. The van der Waals surface area contributed by atoms with Crippen LogP contribution in [-0.4, -0.2) is 30.2 Å². The fourth-order valence-corrected chi connectivity index (χ4v) is 1.68. The zero-order valence-electron chi connectivity index (χ0n) is 8.24. The molecule has 1 aromatic heterocycles. The maximum Gasteiger partial charge on any atom is 0.278 e. The van der Waals surface area contributed by atoms with Gasteiger partial charge >= 0.3 is 0 Å². The van der Waals surface area contributed by atoms with Crippen molar-refractivity contribution in [2.75, 3.05) is 35.8 Å². The summed E-state index contributed by atoms with van der Waals surface area (Å²) in [5.41, 5.74) is 5.91. The number of nitrogens with one attached hydrogen (secondary N) is 1. The summed E-state index contributed by atoms with van der Waals surface area (Å²) in [6.07, 6.45) is 0. The second kappa shape index (κ2) is 2.90. The Kier molecular flexibility index (Phi) is 1.83. The van der Waals surface area contributed by atoms with Crippen molar-refractivity contribution in [1.29, 1.82) is 0 Å². The van der Waals surface area contributed by atoms with E-state index in [0.29, 0.717) is 18.2 Å². The maximum absolute atomic E-state index is 11.6. The van der Waals surface area contributed by atoms with Crippen LogP contribution in [0.2, 0.25) is 0 Å². The Morgan fingerprint density at radius 3 is 3.00 bits per heavy atom. The van der Waals surface area contributed by atoms with Crippen molar-refractivity contribution in [2.24, 2.45) is 0 Å². The van der Waals surface area contributed by atoms with Gasteiger partial charge in [0.05, 0.1) is 6.67 Å². The third-order valence-corrected chi connectivity index (χ3v) is 2.34. The van der Waals surface area contributed by atoms with E-state index in [0.717, 1.165) is 6.54 Å². The number of anilines is 3. The van der Waals surface area contributed by atoms with E-state index in [1.165, 1.54) is 0 Å². The van der Waals surface area contributed by atoms with Crippen LogP contribution in [0.25, 0.3) is 0 Å². The molecule has 0 aromatic carbocycles. The summed E-state index contributed by atoms with van der Waals surface area (Å²) in [7, 11) is 1.86. The van der Waals surface area contributed by atoms with Gasteiger partial charge in [-0.1, -0.05) is 0 Å². The van der Waals surface area contributed by atoms with Gasteiger partial charge < -0.3 is 15.5 Å². The highest BCUT2D eigenvalue weighted by Gasteiger charge is 2.26. The first kappa shape index (κ1) is 8.86. The van der Waals surface area contributed by atoms with Crippen LogP contribution in [0.1, 0.15) is 6.92 Å². The number of nitrogens with zero attached hydrogens (tertiary/aromatic N) is 3. The molecule has 0 amide bonds. The van der Waals surface area contributed by atoms with Gasteiger partial charge in [-0.25, -0.2) is 0 Å². The van der Waals surface area contributed by atoms with Crippen molar-refractivity contribution < 1.29 is 0 Å². The highest BCUT2D eigenvalue weighted by atomic mass is 16.1. The number of aromatic nitrogens is 2. The Morgan fingerprint density at radius 1 is 1.64 bits per heavy atom. The lowest BCUT2D eigenvalue weighted by atomic mass is 10.4. The lowest BCUT2D eigenvalue weighted by Gasteiger charge is -2.14. The summed E-state index contributed by atoms with van der Waals surface area (Å²) in [6, 6.07) is 0. The summed E-state index contributed by atoms with van der Waals surface area (Å²) in [5.74, 6) is 0.846. The lowest BCUT2D eigenvalue weighted by molar-refractivity contribution is 0.836. The van der Waals surface area contributed by atoms with E-state index >= 15 is 0 Å². The number of hydrogen-bond acceptors (Lipinski definition) is 5. The second-order valence-electron chi connectivity index (χ2n) is 3.32. The van der Waals surface area contributed by atoms with Crippen LogP contribution in [0.3, 0.4) is 0 Å². The first-order valence-electron chi connectivity index (χ1n) is 4.49. The van der Waals surface area contributed by atoms with Gasteiger partial charge in [-0.05, 0) is 6.92 Å². The van der Waals surface area contributed by atoms with Crippen molar-refractivity contribution in [2.45, 2.75) is 6.92 Å². The minimum absolute atomic E-state index is 0.169. The molecule has 6 nitrogen and oxygen atoms in total. The van der Waals surface area contributed by atoms with Gasteiger partial charge in [0.1, 0.15) is 5.69 Å². The van der Waals surface area contributed by atoms with Crippen LogP contribution in [0.5, 0.6) is 0 Å². The molecule has 2 rings (SSSR count). The van der Waals surface area contributed by atoms with Crippen molar-refractivity contribution in [3.63, 3.8) is 0 Å². The average Bonchev–Trinajstić information content (AvgIpc) is 2.42. The molecule has 0 radical (unpaired) electrons. The molecule has 1 aliphatic heterocycles. The van der Waals surface area contributed by atoms with Crippen LogP contribution in [-0.2, 0) is 0 Å². The van der Waals surface area contributed by atoms with E-state index in [1.54, 1.807) is 0 Å². The molecule has 76 valence electrons. The van der Waals surface area contributed by atoms with Gasteiger partial charge in [-0.2, -0.15) is 4.98 Å². The molecule has 3 N–H and O–H groups in total. The monoisotopic (exact) mass is 195 g/mol. The fourth-order valence-electron chi connectivity index (χ4n) is 1.68. The molecule has 1 aliphatic rings. The Hall–Kier alpha value is -1.72. The highest BCUT2D eigenvalue weighted by molar-refractivity contribution is 5.71. The number of rotatable bonds is 1. The first-order valence-corrected chi connectivity index (χ1v) is 4.49. The van der Waals surface area contributed by atoms with E-state index in [1.807, 2.05) is 23.8 Å². The quantitative estimate of drug-likeness (QED) is 0.636. The van der Waals surface area contributed by atoms with Crippen molar-refractivity contribution in [3.05, 3.63) is 10.4 Å². The summed E-state index contributed by atoms with van der Waals surface area (Å²) >= 11 is 0. The van der Waals surface area contributed by atoms with Gasteiger partial charge in [0.25, 0.3) is 5.56 Å². The largest absolute Gasteiger partial charge is 0.369 e. The van der Waals surface area contributed by atoms with Gasteiger partial charge in [-0.15, -0.1) is 0 Å². The Morgan fingerprint density at radius 2 is 2.36 bits per heavy atom. The molecular formula is C8H13N5O. The third kappa shape index (κ3) is 1.11. The summed E-state index contributed by atoms with van der Waals surface area (Å²) in [4.78, 5) is 22.0. The molecule has 1 aromatic rings. The normalized spacial score (nSPS) is 14.7. The number of aromatic amines is 1. The van der Waals surface area contributed by atoms with Gasteiger partial charge in [0.2, 0.25) is 5.95 Å². The van der Waals surface area contributed by atoms with Crippen LogP contribution < -0.4 is 21.1 Å². The first-order chi connectivity index (χ1) is 6.63. The van der Waals surface area contributed by atoms with Crippen LogP contribution in [0, 0.1) is 0 Å². The summed E-state index contributed by atoms with van der Waals surface area (Å²) < 4.78 is 0. The predicted octanol–water partition coefficient (Wildman–Crippen LogP) is -0.414. The highest BCUT2D eigenvalue weighted by Crippen LogP contribution is 2.28. The number of nitrogen functional groups attached to an aromatic ring is 1. The number of hydrogen-bond donors (Lipinski definition) is 2. The van der Waals surface area contributed by atoms with E-state index in [2.05, 4.69) is 9.97 Å². The van der Waals surface area contributed by atoms with E-state index < -0.39 is 0 Å². The van der Waals surface area contributed by atoms with Crippen LogP contribution in [0.4, 0.5) is 17.5 Å². The topological polar surface area (TPSA) is 78.2 Å². The van der Waals surface area contributed by atoms with Crippen LogP contribution in [0.15, 0.2) is 4.79 Å². The molecule has 2 heterocycles. The van der Waals surface area contributed by atoms with Gasteiger partial charge in [0.15, 0.2) is 5.82 Å². The van der Waals surface area contributed by atoms with Crippen molar-refractivity contribution in [3.8, 4) is 0 Å². The molecule has 0 saturated carbocycles. The van der Waals surface area contributed by atoms with Crippen molar-refractivity contribution >= 4 is 17.5 Å². The van der Waals surface area contributed by atoms with Crippen molar-refractivity contribution in [1.82, 2.24) is 9.97 Å². The smallest absolute Gasteiger partial charge is 0.278 e. The van der Waals surface area contributed by atoms with E-state index in [4.69, 9.17) is 5.73 Å². The lowest BCUT2D eigenvalue weighted by Crippen LogP contribution is -2.28. The minimum Gasteiger partial charge on any atom is -0.369 e. The Balaban J connectivity index is 2.62. The number of fused-ring (bicyclic) bond motifs is 1. The second-order valence-corrected chi connectivity index (χ2v) is 3.32. The molecule has 14 heavy (non-hydrogen) atoms. The molecule has 0 fully saturated rings. The number of nitrogens with two attached hydrogens (primary N) is 1. The standard InChI is InChI=1S/C8H13N5O/c1-3-13-4-12(2)5-6(13)10-8(9)11-7(5)14/h3-4H2,1-2H3,(H3,9,10,11,14). The predicted molar refractivity (Wildman–Crippen MR) is 55.6 cm³/mol. The van der Waals surface area contributed by atoms with E-state index in [9.17, 15) is 4.79 Å². The zero-order chi connectivity index (χ0) is 10.3. The molecular weight excluding hydrogens is 182 g/mol. The fraction of sp³-hybridized carbons (Fsp3) is 0.500. The van der Waals surface area contributed by atoms with E-state index in [-0.39, 0.29) is 11.5 Å². The molecule has 0 aliphatic carbocycles. The van der Waals surface area contributed by atoms with Gasteiger partial charge in [-0.3, -0.25) is 9.78 Å². The SMILES string of the molecule is CCN1CN(C)c2c1nc(N)[nH]c2=O. The summed E-state index contributed by atoms with van der Waals surface area (Å²) in [6.45, 7) is 3.51. The Labute approximate surface area is 81.3 Å². The minimum atomic E-state index is -0.175. The number of H-pyrrole nitrogens is 1. The molecule has 0 unspecified atom stereocenters. The zero-order valence-corrected chi connectivity index (χ0v) is 8.24. The molecule has 0 saturated heterocycles. The molecule has 0 atom stereocenters. The van der Waals surface area contributed by atoms with Crippen LogP contribution >= 0.6 is 0 Å². The van der Waals surface area contributed by atoms with Gasteiger partial charge in [0, 0.05) is 13.6 Å². The third-order valence-electron chi connectivity index (χ3n) is 2.34. The Bertz CT molecular complexity index is 413. The summed E-state index contributed by atoms with van der Waals surface area (Å²) in [5, 5.41) is 0. The molecule has 0 spiro atoms.